The molecule has 2 atom stereocenters. The first kappa shape index (κ1) is 16.2. The van der Waals surface area contributed by atoms with Crippen molar-refractivity contribution >= 4 is 22.9 Å². The minimum Gasteiger partial charge on any atom is -0.480 e. The number of carbonyl (C=O) groups is 1. The third kappa shape index (κ3) is 3.30. The van der Waals surface area contributed by atoms with E-state index in [-0.39, 0.29) is 12.1 Å². The number of nitrogens with one attached hydrogen (secondary N) is 1. The number of aromatic nitrogens is 2. The van der Waals surface area contributed by atoms with E-state index in [9.17, 15) is 4.79 Å². The zero-order chi connectivity index (χ0) is 17.1. The highest BCUT2D eigenvalue weighted by Gasteiger charge is 2.31. The number of rotatable bonds is 6. The van der Waals surface area contributed by atoms with Gasteiger partial charge in [-0.25, -0.2) is 0 Å². The second-order valence-electron chi connectivity index (χ2n) is 5.50. The molecule has 0 radical (unpaired) electrons. The summed E-state index contributed by atoms with van der Waals surface area (Å²) in [6, 6.07) is 5.30. The maximum Gasteiger partial charge on any atom is 0.320 e. The normalized spacial score (nSPS) is 20.0. The minimum absolute atomic E-state index is 0.243. The highest BCUT2D eigenvalue weighted by molar-refractivity contribution is 5.86. The Labute approximate surface area is 139 Å². The number of nitrogens with zero attached hydrogens (tertiary/aromatic N) is 2. The van der Waals surface area contributed by atoms with E-state index >= 15 is 0 Å². The second-order valence-corrected chi connectivity index (χ2v) is 5.50. The Morgan fingerprint density at radius 2 is 2.33 bits per heavy atom. The first-order chi connectivity index (χ1) is 11.6. The number of benzene rings is 1. The predicted molar refractivity (Wildman–Crippen MR) is 89.3 cm³/mol. The van der Waals surface area contributed by atoms with E-state index in [1.54, 1.807) is 6.08 Å². The molecule has 3 rings (SSSR count). The molecule has 0 spiro atoms. The van der Waals surface area contributed by atoms with Crippen LogP contribution < -0.4 is 14.8 Å². The number of hydrogen-bond donors (Lipinski definition) is 2. The number of carboxylic acids is 1. The summed E-state index contributed by atoms with van der Waals surface area (Å²) in [5, 5.41) is 12.7. The molecule has 7 nitrogen and oxygen atoms in total. The monoisotopic (exact) mass is 329 g/mol. The molecule has 0 unspecified atom stereocenters. The number of carboxylic acid groups (broad SMARTS) is 1. The molecule has 0 aliphatic carbocycles. The van der Waals surface area contributed by atoms with E-state index in [0.29, 0.717) is 31.0 Å². The largest absolute Gasteiger partial charge is 0.480 e. The van der Waals surface area contributed by atoms with Gasteiger partial charge >= 0.3 is 12.0 Å². The fourth-order valence-corrected chi connectivity index (χ4v) is 2.65. The minimum atomic E-state index is -0.877. The van der Waals surface area contributed by atoms with Crippen LogP contribution in [-0.4, -0.2) is 46.3 Å². The Hall–Kier alpha value is -2.67. The lowest BCUT2D eigenvalue weighted by atomic mass is 10.1. The van der Waals surface area contributed by atoms with Gasteiger partial charge in [-0.1, -0.05) is 18.7 Å². The topological polar surface area (TPSA) is 93.6 Å². The molecule has 1 aliphatic heterocycles. The average Bonchev–Trinajstić information content (AvgIpc) is 3.04. The van der Waals surface area contributed by atoms with Gasteiger partial charge in [0.1, 0.15) is 12.1 Å². The Kier molecular flexibility index (Phi) is 4.61. The van der Waals surface area contributed by atoms with Gasteiger partial charge in [0, 0.05) is 13.0 Å². The van der Waals surface area contributed by atoms with Gasteiger partial charge in [-0.2, -0.15) is 9.97 Å². The quantitative estimate of drug-likeness (QED) is 0.835. The van der Waals surface area contributed by atoms with E-state index in [2.05, 4.69) is 21.9 Å². The Balaban J connectivity index is 1.94. The summed E-state index contributed by atoms with van der Waals surface area (Å²) in [4.78, 5) is 19.8. The van der Waals surface area contributed by atoms with Crippen molar-refractivity contribution in [2.24, 2.45) is 0 Å². The molecule has 7 heteroatoms. The maximum atomic E-state index is 11.1. The predicted octanol–water partition coefficient (Wildman–Crippen LogP) is 1.87. The molecule has 1 aromatic heterocycles. The summed E-state index contributed by atoms with van der Waals surface area (Å²) >= 11 is 0. The summed E-state index contributed by atoms with van der Waals surface area (Å²) in [5.74, 6) is -0.484. The van der Waals surface area contributed by atoms with Crippen LogP contribution in [0.4, 0.5) is 0 Å². The third-order valence-electron chi connectivity index (χ3n) is 3.84. The standard InChI is InChI=1S/C17H19N3O4/c1-3-10-5-6-13-12(7-10)15(20-17(19-13)23-4-2)24-11-8-14(16(21)22)18-9-11/h3,5-7,11,14,18H,1,4,8-9H2,2H3,(H,21,22)/t11-,14+/m1/s1. The molecule has 2 heterocycles. The van der Waals surface area contributed by atoms with Crippen molar-refractivity contribution in [1.29, 1.82) is 0 Å². The van der Waals surface area contributed by atoms with Gasteiger partial charge in [-0.15, -0.1) is 0 Å². The second kappa shape index (κ2) is 6.84. The molecule has 24 heavy (non-hydrogen) atoms. The van der Waals surface area contributed by atoms with Gasteiger partial charge in [0.15, 0.2) is 0 Å². The van der Waals surface area contributed by atoms with Crippen LogP contribution in [0.1, 0.15) is 18.9 Å². The first-order valence-corrected chi connectivity index (χ1v) is 7.80. The van der Waals surface area contributed by atoms with E-state index in [0.717, 1.165) is 10.9 Å². The molecular formula is C17H19N3O4. The van der Waals surface area contributed by atoms with E-state index in [1.165, 1.54) is 0 Å². The molecule has 126 valence electrons. The van der Waals surface area contributed by atoms with Crippen LogP contribution in [0, 0.1) is 0 Å². The average molecular weight is 329 g/mol. The number of ether oxygens (including phenoxy) is 2. The van der Waals surface area contributed by atoms with Gasteiger partial charge in [-0.3, -0.25) is 4.79 Å². The molecule has 2 aromatic rings. The lowest BCUT2D eigenvalue weighted by Crippen LogP contribution is -2.30. The Morgan fingerprint density at radius 3 is 3.00 bits per heavy atom. The first-order valence-electron chi connectivity index (χ1n) is 7.80. The van der Waals surface area contributed by atoms with Gasteiger partial charge in [0.05, 0.1) is 17.5 Å². The molecule has 0 amide bonds. The molecule has 0 bridgehead atoms. The van der Waals surface area contributed by atoms with Crippen molar-refractivity contribution in [3.05, 3.63) is 30.3 Å². The molecule has 0 saturated carbocycles. The number of hydrogen-bond acceptors (Lipinski definition) is 6. The van der Waals surface area contributed by atoms with Crippen molar-refractivity contribution in [3.63, 3.8) is 0 Å². The van der Waals surface area contributed by atoms with Crippen LogP contribution in [0.5, 0.6) is 11.9 Å². The van der Waals surface area contributed by atoms with E-state index in [4.69, 9.17) is 14.6 Å². The van der Waals surface area contributed by atoms with Crippen LogP contribution in [0.2, 0.25) is 0 Å². The fourth-order valence-electron chi connectivity index (χ4n) is 2.65. The summed E-state index contributed by atoms with van der Waals surface area (Å²) in [7, 11) is 0. The van der Waals surface area contributed by atoms with Crippen molar-refractivity contribution in [1.82, 2.24) is 15.3 Å². The van der Waals surface area contributed by atoms with E-state index < -0.39 is 12.0 Å². The molecule has 1 aromatic carbocycles. The SMILES string of the molecule is C=Cc1ccc2nc(OCC)nc(O[C@H]3CN[C@H](C(=O)O)C3)c2c1. The smallest absolute Gasteiger partial charge is 0.320 e. The van der Waals surface area contributed by atoms with Crippen LogP contribution in [-0.2, 0) is 4.79 Å². The highest BCUT2D eigenvalue weighted by Crippen LogP contribution is 2.28. The van der Waals surface area contributed by atoms with Crippen molar-refractivity contribution in [2.75, 3.05) is 13.2 Å². The van der Waals surface area contributed by atoms with Gasteiger partial charge < -0.3 is 19.9 Å². The lowest BCUT2D eigenvalue weighted by molar-refractivity contribution is -0.139. The summed E-state index contributed by atoms with van der Waals surface area (Å²) in [5.41, 5.74) is 1.63. The molecule has 2 N–H and O–H groups in total. The van der Waals surface area contributed by atoms with Gasteiger partial charge in [0.2, 0.25) is 5.88 Å². The number of aliphatic carboxylic acids is 1. The zero-order valence-electron chi connectivity index (χ0n) is 13.4. The van der Waals surface area contributed by atoms with Gasteiger partial charge in [0.25, 0.3) is 0 Å². The molecular weight excluding hydrogens is 310 g/mol. The van der Waals surface area contributed by atoms with Crippen LogP contribution in [0.3, 0.4) is 0 Å². The van der Waals surface area contributed by atoms with Crippen molar-refractivity contribution in [2.45, 2.75) is 25.5 Å². The van der Waals surface area contributed by atoms with E-state index in [1.807, 2.05) is 25.1 Å². The van der Waals surface area contributed by atoms with Crippen LogP contribution in [0.25, 0.3) is 17.0 Å². The number of fused-ring (bicyclic) bond motifs is 1. The van der Waals surface area contributed by atoms with Crippen molar-refractivity contribution in [3.8, 4) is 11.9 Å². The molecule has 1 fully saturated rings. The lowest BCUT2D eigenvalue weighted by Gasteiger charge is -2.15. The molecule has 1 saturated heterocycles. The summed E-state index contributed by atoms with van der Waals surface area (Å²) in [6.45, 7) is 6.52. The van der Waals surface area contributed by atoms with Gasteiger partial charge in [-0.05, 0) is 24.6 Å². The summed E-state index contributed by atoms with van der Waals surface area (Å²) in [6.07, 6.45) is 1.84. The maximum absolute atomic E-state index is 11.1. The van der Waals surface area contributed by atoms with Crippen LogP contribution in [0.15, 0.2) is 24.8 Å². The summed E-state index contributed by atoms with van der Waals surface area (Å²) < 4.78 is 11.4. The Bertz CT molecular complexity index is 778. The van der Waals surface area contributed by atoms with Crippen LogP contribution >= 0.6 is 0 Å². The Morgan fingerprint density at radius 1 is 1.50 bits per heavy atom. The van der Waals surface area contributed by atoms with Crippen molar-refractivity contribution < 1.29 is 19.4 Å². The third-order valence-corrected chi connectivity index (χ3v) is 3.84. The molecule has 1 aliphatic rings. The fraction of sp³-hybridized carbons (Fsp3) is 0.353. The highest BCUT2D eigenvalue weighted by atomic mass is 16.5. The zero-order valence-corrected chi connectivity index (χ0v) is 13.4.